The highest BCUT2D eigenvalue weighted by molar-refractivity contribution is 7.89. The smallest absolute Gasteiger partial charge is 0.254 e. The number of carbonyl (C=O) groups is 1. The Labute approximate surface area is 157 Å². The molecule has 1 saturated heterocycles. The number of fused-ring (bicyclic) bond motifs is 1. The maximum atomic E-state index is 13.0. The van der Waals surface area contributed by atoms with Crippen molar-refractivity contribution in [2.75, 3.05) is 19.6 Å². The fraction of sp³-hybridized carbons (Fsp3) is 0.650. The lowest BCUT2D eigenvalue weighted by atomic mass is 9.78. The lowest BCUT2D eigenvalue weighted by molar-refractivity contribution is 0.0390. The minimum Gasteiger partial charge on any atom is -0.335 e. The Bertz CT molecular complexity index is 724. The third-order valence-electron chi connectivity index (χ3n) is 5.95. The first kappa shape index (κ1) is 19.4. The van der Waals surface area contributed by atoms with Gasteiger partial charge in [-0.25, -0.2) is 8.42 Å². The predicted octanol–water partition coefficient (Wildman–Crippen LogP) is 3.51. The van der Waals surface area contributed by atoms with Gasteiger partial charge in [-0.3, -0.25) is 4.79 Å². The molecule has 0 radical (unpaired) electrons. The number of benzene rings is 1. The normalized spacial score (nSPS) is 23.7. The zero-order valence-electron chi connectivity index (χ0n) is 15.9. The number of carbonyl (C=O) groups excluding carboxylic acids is 1. The van der Waals surface area contributed by atoms with E-state index in [0.717, 1.165) is 19.4 Å². The molecule has 1 aliphatic carbocycles. The van der Waals surface area contributed by atoms with E-state index in [4.69, 9.17) is 0 Å². The summed E-state index contributed by atoms with van der Waals surface area (Å²) in [6, 6.07) is 6.85. The molecule has 0 N–H and O–H groups in total. The van der Waals surface area contributed by atoms with E-state index >= 15 is 0 Å². The Hall–Kier alpha value is -1.40. The van der Waals surface area contributed by atoms with Gasteiger partial charge in [-0.1, -0.05) is 26.7 Å². The van der Waals surface area contributed by atoms with Crippen LogP contribution in [0.1, 0.15) is 62.7 Å². The number of rotatable bonds is 5. The highest BCUT2D eigenvalue weighted by atomic mass is 32.2. The average Bonchev–Trinajstić information content (AvgIpc) is 2.68. The van der Waals surface area contributed by atoms with Crippen molar-refractivity contribution in [3.05, 3.63) is 29.8 Å². The Morgan fingerprint density at radius 3 is 2.31 bits per heavy atom. The molecule has 26 heavy (non-hydrogen) atoms. The third-order valence-corrected chi connectivity index (χ3v) is 8.01. The van der Waals surface area contributed by atoms with Crippen LogP contribution in [-0.2, 0) is 10.0 Å². The van der Waals surface area contributed by atoms with E-state index in [1.54, 1.807) is 24.3 Å². The molecular weight excluding hydrogens is 348 g/mol. The number of sulfonamides is 1. The molecule has 0 aromatic heterocycles. The molecule has 1 aromatic carbocycles. The standard InChI is InChI=1S/C20H30N2O3S/c1-3-21(4-2)26(24,25)18-13-11-17(12-14-18)20(23)22-15-7-9-16-8-5-6-10-19(16)22/h11-14,16,19H,3-10,15H2,1-2H3. The molecule has 0 spiro atoms. The molecule has 0 bridgehead atoms. The van der Waals surface area contributed by atoms with Crippen LogP contribution in [0, 0.1) is 5.92 Å². The number of nitrogens with zero attached hydrogens (tertiary/aromatic N) is 2. The number of amides is 1. The quantitative estimate of drug-likeness (QED) is 0.788. The van der Waals surface area contributed by atoms with E-state index < -0.39 is 10.0 Å². The first-order valence-corrected chi connectivity index (χ1v) is 11.3. The fourth-order valence-corrected chi connectivity index (χ4v) is 5.98. The Morgan fingerprint density at radius 1 is 1.04 bits per heavy atom. The van der Waals surface area contributed by atoms with Gasteiger partial charge in [0, 0.05) is 31.2 Å². The molecule has 1 aliphatic heterocycles. The molecular formula is C20H30N2O3S. The van der Waals surface area contributed by atoms with Crippen LogP contribution < -0.4 is 0 Å². The van der Waals surface area contributed by atoms with Crippen LogP contribution in [0.3, 0.4) is 0 Å². The van der Waals surface area contributed by atoms with E-state index in [-0.39, 0.29) is 10.8 Å². The first-order valence-electron chi connectivity index (χ1n) is 9.90. The van der Waals surface area contributed by atoms with Gasteiger partial charge in [0.05, 0.1) is 4.90 Å². The van der Waals surface area contributed by atoms with Crippen LogP contribution in [0.5, 0.6) is 0 Å². The third kappa shape index (κ3) is 3.67. The predicted molar refractivity (Wildman–Crippen MR) is 103 cm³/mol. The van der Waals surface area contributed by atoms with Gasteiger partial charge in [-0.05, 0) is 55.9 Å². The van der Waals surface area contributed by atoms with Crippen molar-refractivity contribution in [3.63, 3.8) is 0 Å². The van der Waals surface area contributed by atoms with Gasteiger partial charge in [0.2, 0.25) is 10.0 Å². The van der Waals surface area contributed by atoms with Crippen molar-refractivity contribution in [1.82, 2.24) is 9.21 Å². The second-order valence-corrected chi connectivity index (χ2v) is 9.30. The summed E-state index contributed by atoms with van der Waals surface area (Å²) in [7, 11) is -3.48. The van der Waals surface area contributed by atoms with Gasteiger partial charge in [0.1, 0.15) is 0 Å². The maximum Gasteiger partial charge on any atom is 0.254 e. The van der Waals surface area contributed by atoms with Gasteiger partial charge in [-0.2, -0.15) is 4.31 Å². The number of piperidine rings is 1. The lowest BCUT2D eigenvalue weighted by Crippen LogP contribution is -2.49. The topological polar surface area (TPSA) is 57.7 Å². The summed E-state index contributed by atoms with van der Waals surface area (Å²) in [6.07, 6.45) is 7.12. The van der Waals surface area contributed by atoms with Crippen molar-refractivity contribution in [1.29, 1.82) is 0 Å². The molecule has 1 amide bonds. The van der Waals surface area contributed by atoms with Crippen molar-refractivity contribution < 1.29 is 13.2 Å². The van der Waals surface area contributed by atoms with Crippen molar-refractivity contribution >= 4 is 15.9 Å². The van der Waals surface area contributed by atoms with Gasteiger partial charge < -0.3 is 4.90 Å². The molecule has 2 fully saturated rings. The van der Waals surface area contributed by atoms with E-state index in [9.17, 15) is 13.2 Å². The molecule has 5 nitrogen and oxygen atoms in total. The molecule has 144 valence electrons. The number of hydrogen-bond donors (Lipinski definition) is 0. The fourth-order valence-electron chi connectivity index (χ4n) is 4.52. The van der Waals surface area contributed by atoms with Crippen LogP contribution in [0.2, 0.25) is 0 Å². The SMILES string of the molecule is CCN(CC)S(=O)(=O)c1ccc(C(=O)N2CCCC3CCCCC32)cc1. The number of hydrogen-bond acceptors (Lipinski definition) is 3. The highest BCUT2D eigenvalue weighted by Gasteiger charge is 2.36. The molecule has 2 aliphatic rings. The molecule has 6 heteroatoms. The molecule has 2 unspecified atom stereocenters. The molecule has 3 rings (SSSR count). The summed E-state index contributed by atoms with van der Waals surface area (Å²) in [5, 5.41) is 0. The molecule has 1 saturated carbocycles. The number of likely N-dealkylation sites (tertiary alicyclic amines) is 1. The Kier molecular flexibility index (Phi) is 6.03. The Balaban J connectivity index is 1.79. The summed E-state index contributed by atoms with van der Waals surface area (Å²) in [5.74, 6) is 0.692. The van der Waals surface area contributed by atoms with E-state index in [1.807, 2.05) is 18.7 Å². The second-order valence-electron chi connectivity index (χ2n) is 7.37. The van der Waals surface area contributed by atoms with Crippen LogP contribution in [-0.4, -0.2) is 49.2 Å². The highest BCUT2D eigenvalue weighted by Crippen LogP contribution is 2.36. The summed E-state index contributed by atoms with van der Waals surface area (Å²) >= 11 is 0. The van der Waals surface area contributed by atoms with Crippen molar-refractivity contribution in [2.45, 2.75) is 63.3 Å². The maximum absolute atomic E-state index is 13.0. The lowest BCUT2D eigenvalue weighted by Gasteiger charge is -2.44. The second kappa shape index (κ2) is 8.09. The monoisotopic (exact) mass is 378 g/mol. The molecule has 2 atom stereocenters. The summed E-state index contributed by atoms with van der Waals surface area (Å²) in [6.45, 7) is 5.36. The minimum atomic E-state index is -3.48. The van der Waals surface area contributed by atoms with Crippen molar-refractivity contribution in [2.24, 2.45) is 5.92 Å². The van der Waals surface area contributed by atoms with Crippen LogP contribution >= 0.6 is 0 Å². The van der Waals surface area contributed by atoms with Gasteiger partial charge >= 0.3 is 0 Å². The van der Waals surface area contributed by atoms with Gasteiger partial charge in [0.25, 0.3) is 5.91 Å². The summed E-state index contributed by atoms with van der Waals surface area (Å²) in [5.41, 5.74) is 0.592. The summed E-state index contributed by atoms with van der Waals surface area (Å²) < 4.78 is 26.6. The minimum absolute atomic E-state index is 0.0494. The van der Waals surface area contributed by atoms with Gasteiger partial charge in [0.15, 0.2) is 0 Å². The average molecular weight is 379 g/mol. The first-order chi connectivity index (χ1) is 12.5. The van der Waals surface area contributed by atoms with Crippen LogP contribution in [0.4, 0.5) is 0 Å². The van der Waals surface area contributed by atoms with Crippen LogP contribution in [0.15, 0.2) is 29.2 Å². The van der Waals surface area contributed by atoms with Crippen molar-refractivity contribution in [3.8, 4) is 0 Å². The van der Waals surface area contributed by atoms with Crippen LogP contribution in [0.25, 0.3) is 0 Å². The molecule has 1 aromatic rings. The molecule has 1 heterocycles. The largest absolute Gasteiger partial charge is 0.335 e. The Morgan fingerprint density at radius 2 is 1.65 bits per heavy atom. The van der Waals surface area contributed by atoms with E-state index in [0.29, 0.717) is 30.6 Å². The van der Waals surface area contributed by atoms with Gasteiger partial charge in [-0.15, -0.1) is 0 Å². The summed E-state index contributed by atoms with van der Waals surface area (Å²) in [4.78, 5) is 15.3. The van der Waals surface area contributed by atoms with E-state index in [1.165, 1.54) is 30.0 Å². The zero-order chi connectivity index (χ0) is 18.7. The van der Waals surface area contributed by atoms with E-state index in [2.05, 4.69) is 0 Å². The zero-order valence-corrected chi connectivity index (χ0v) is 16.7.